The van der Waals surface area contributed by atoms with Crippen LogP contribution in [0.2, 0.25) is 0 Å². The summed E-state index contributed by atoms with van der Waals surface area (Å²) in [4.78, 5) is 11.6. The molecule has 17 heavy (non-hydrogen) atoms. The van der Waals surface area contributed by atoms with Gasteiger partial charge in [0.2, 0.25) is 0 Å². The monoisotopic (exact) mass is 250 g/mol. The van der Waals surface area contributed by atoms with Crippen LogP contribution in [0, 0.1) is 0 Å². The van der Waals surface area contributed by atoms with Crippen LogP contribution in [0.5, 0.6) is 0 Å². The standard InChI is InChI=1S/C11H10N2O3S/c12-7-2-1-3-9(4-7)17-6-8-5-10(11(14)15)13-16-8/h1-5H,6,12H2,(H,14,15). The van der Waals surface area contributed by atoms with Crippen LogP contribution in [0.25, 0.3) is 0 Å². The molecule has 2 aromatic rings. The normalized spacial score (nSPS) is 10.4. The molecule has 3 N–H and O–H groups in total. The molecule has 0 unspecified atom stereocenters. The number of carbonyl (C=O) groups is 1. The third-order valence-electron chi connectivity index (χ3n) is 2.02. The number of thioether (sulfide) groups is 1. The molecule has 0 fully saturated rings. The van der Waals surface area contributed by atoms with Crippen molar-refractivity contribution in [2.24, 2.45) is 0 Å². The van der Waals surface area contributed by atoms with Gasteiger partial charge in [-0.05, 0) is 18.2 Å². The number of aromatic carboxylic acids is 1. The van der Waals surface area contributed by atoms with Crippen LogP contribution < -0.4 is 5.73 Å². The highest BCUT2D eigenvalue weighted by Crippen LogP contribution is 2.24. The van der Waals surface area contributed by atoms with Crippen molar-refractivity contribution in [2.75, 3.05) is 5.73 Å². The summed E-state index contributed by atoms with van der Waals surface area (Å²) in [6, 6.07) is 8.86. The first kappa shape index (κ1) is 11.5. The van der Waals surface area contributed by atoms with Crippen LogP contribution >= 0.6 is 11.8 Å². The van der Waals surface area contributed by atoms with Crippen molar-refractivity contribution in [3.05, 3.63) is 41.8 Å². The first-order valence-corrected chi connectivity index (χ1v) is 5.81. The number of anilines is 1. The first-order valence-electron chi connectivity index (χ1n) is 4.82. The van der Waals surface area contributed by atoms with E-state index in [4.69, 9.17) is 15.4 Å². The SMILES string of the molecule is Nc1cccc(SCc2cc(C(=O)O)no2)c1. The Balaban J connectivity index is 2.00. The number of hydrogen-bond acceptors (Lipinski definition) is 5. The fraction of sp³-hybridized carbons (Fsp3) is 0.0909. The molecule has 0 saturated heterocycles. The fourth-order valence-electron chi connectivity index (χ4n) is 1.24. The van der Waals surface area contributed by atoms with E-state index in [0.717, 1.165) is 4.90 Å². The van der Waals surface area contributed by atoms with Gasteiger partial charge in [-0.15, -0.1) is 11.8 Å². The van der Waals surface area contributed by atoms with Crippen LogP contribution in [0.3, 0.4) is 0 Å². The van der Waals surface area contributed by atoms with E-state index in [-0.39, 0.29) is 5.69 Å². The van der Waals surface area contributed by atoms with Gasteiger partial charge >= 0.3 is 5.97 Å². The van der Waals surface area contributed by atoms with Crippen LogP contribution in [-0.4, -0.2) is 16.2 Å². The van der Waals surface area contributed by atoms with Crippen molar-refractivity contribution in [3.63, 3.8) is 0 Å². The largest absolute Gasteiger partial charge is 0.476 e. The maximum atomic E-state index is 10.6. The molecule has 88 valence electrons. The van der Waals surface area contributed by atoms with Gasteiger partial charge in [0, 0.05) is 16.6 Å². The summed E-state index contributed by atoms with van der Waals surface area (Å²) in [5.74, 6) is -0.0484. The Kier molecular flexibility index (Phi) is 3.34. The third-order valence-corrected chi connectivity index (χ3v) is 3.03. The molecule has 6 heteroatoms. The summed E-state index contributed by atoms with van der Waals surface area (Å²) < 4.78 is 4.89. The van der Waals surface area contributed by atoms with Crippen molar-refractivity contribution in [2.45, 2.75) is 10.6 Å². The van der Waals surface area contributed by atoms with E-state index >= 15 is 0 Å². The van der Waals surface area contributed by atoms with Crippen LogP contribution in [0.4, 0.5) is 5.69 Å². The number of benzene rings is 1. The molecule has 1 aromatic heterocycles. The molecule has 1 aromatic carbocycles. The van der Waals surface area contributed by atoms with Crippen LogP contribution in [-0.2, 0) is 5.75 Å². The Morgan fingerprint density at radius 3 is 2.94 bits per heavy atom. The molecule has 0 saturated carbocycles. The summed E-state index contributed by atoms with van der Waals surface area (Å²) >= 11 is 1.51. The second kappa shape index (κ2) is 4.92. The molecule has 0 aliphatic rings. The molecule has 0 aliphatic heterocycles. The summed E-state index contributed by atoms with van der Waals surface area (Å²) in [5, 5.41) is 12.1. The average Bonchev–Trinajstić information content (AvgIpc) is 2.75. The minimum Gasteiger partial charge on any atom is -0.476 e. The number of nitrogen functional groups attached to an aromatic ring is 1. The predicted octanol–water partition coefficient (Wildman–Crippen LogP) is 2.25. The van der Waals surface area contributed by atoms with Crippen molar-refractivity contribution in [1.82, 2.24) is 5.16 Å². The highest BCUT2D eigenvalue weighted by molar-refractivity contribution is 7.98. The molecule has 0 radical (unpaired) electrons. The number of nitrogens with two attached hydrogens (primary N) is 1. The van der Waals surface area contributed by atoms with Gasteiger partial charge in [0.05, 0.1) is 5.75 Å². The van der Waals surface area contributed by atoms with E-state index in [1.165, 1.54) is 17.8 Å². The Bertz CT molecular complexity index is 539. The highest BCUT2D eigenvalue weighted by atomic mass is 32.2. The zero-order valence-corrected chi connectivity index (χ0v) is 9.61. The number of rotatable bonds is 4. The van der Waals surface area contributed by atoms with E-state index in [0.29, 0.717) is 17.2 Å². The smallest absolute Gasteiger partial charge is 0.358 e. The maximum Gasteiger partial charge on any atom is 0.358 e. The van der Waals surface area contributed by atoms with Gasteiger partial charge in [-0.2, -0.15) is 0 Å². The Hall–Kier alpha value is -1.95. The second-order valence-electron chi connectivity index (χ2n) is 3.34. The molecule has 1 heterocycles. The van der Waals surface area contributed by atoms with Gasteiger partial charge in [0.1, 0.15) is 5.76 Å². The lowest BCUT2D eigenvalue weighted by Crippen LogP contribution is -1.94. The number of carboxylic acid groups (broad SMARTS) is 1. The summed E-state index contributed by atoms with van der Waals surface area (Å²) in [6.45, 7) is 0. The first-order chi connectivity index (χ1) is 8.15. The lowest BCUT2D eigenvalue weighted by atomic mass is 10.3. The summed E-state index contributed by atoms with van der Waals surface area (Å²) in [6.07, 6.45) is 0. The molecule has 0 bridgehead atoms. The maximum absolute atomic E-state index is 10.6. The second-order valence-corrected chi connectivity index (χ2v) is 4.39. The molecular formula is C11H10N2O3S. The lowest BCUT2D eigenvalue weighted by molar-refractivity contribution is 0.0685. The van der Waals surface area contributed by atoms with Gasteiger partial charge < -0.3 is 15.4 Å². The van der Waals surface area contributed by atoms with Gasteiger partial charge in [0.25, 0.3) is 0 Å². The molecule has 5 nitrogen and oxygen atoms in total. The highest BCUT2D eigenvalue weighted by Gasteiger charge is 2.10. The topological polar surface area (TPSA) is 89.4 Å². The van der Waals surface area contributed by atoms with Gasteiger partial charge in [-0.1, -0.05) is 11.2 Å². The molecule has 2 rings (SSSR count). The summed E-state index contributed by atoms with van der Waals surface area (Å²) in [7, 11) is 0. The Morgan fingerprint density at radius 1 is 1.47 bits per heavy atom. The van der Waals surface area contributed by atoms with E-state index in [1.54, 1.807) is 6.07 Å². The van der Waals surface area contributed by atoms with Gasteiger partial charge in [-0.3, -0.25) is 0 Å². The van der Waals surface area contributed by atoms with Gasteiger partial charge in [0.15, 0.2) is 5.69 Å². The van der Waals surface area contributed by atoms with Crippen molar-refractivity contribution >= 4 is 23.4 Å². The molecule has 0 amide bonds. The zero-order chi connectivity index (χ0) is 12.3. The molecule has 0 spiro atoms. The average molecular weight is 250 g/mol. The van der Waals surface area contributed by atoms with E-state index < -0.39 is 5.97 Å². The van der Waals surface area contributed by atoms with E-state index in [2.05, 4.69) is 5.16 Å². The van der Waals surface area contributed by atoms with Crippen molar-refractivity contribution in [1.29, 1.82) is 0 Å². The minimum absolute atomic E-state index is 0.0758. The lowest BCUT2D eigenvalue weighted by Gasteiger charge is -1.99. The molecule has 0 aliphatic carbocycles. The Labute approximate surface area is 102 Å². The predicted molar refractivity (Wildman–Crippen MR) is 63.9 cm³/mol. The van der Waals surface area contributed by atoms with E-state index in [9.17, 15) is 4.79 Å². The minimum atomic E-state index is -1.09. The van der Waals surface area contributed by atoms with Crippen molar-refractivity contribution < 1.29 is 14.4 Å². The van der Waals surface area contributed by atoms with Gasteiger partial charge in [-0.25, -0.2) is 4.79 Å². The number of nitrogens with zero attached hydrogens (tertiary/aromatic N) is 1. The third kappa shape index (κ3) is 3.01. The quantitative estimate of drug-likeness (QED) is 0.639. The van der Waals surface area contributed by atoms with E-state index in [1.807, 2.05) is 18.2 Å². The van der Waals surface area contributed by atoms with Crippen molar-refractivity contribution in [3.8, 4) is 0 Å². The van der Waals surface area contributed by atoms with Crippen LogP contribution in [0.1, 0.15) is 16.2 Å². The molecular weight excluding hydrogens is 240 g/mol. The molecule has 0 atom stereocenters. The number of hydrogen-bond donors (Lipinski definition) is 2. The number of carboxylic acids is 1. The fourth-order valence-corrected chi connectivity index (χ4v) is 2.08. The summed E-state index contributed by atoms with van der Waals surface area (Å²) in [5.41, 5.74) is 6.26. The van der Waals surface area contributed by atoms with Crippen LogP contribution in [0.15, 0.2) is 39.8 Å². The number of aromatic nitrogens is 1. The zero-order valence-electron chi connectivity index (χ0n) is 8.79. The Morgan fingerprint density at radius 2 is 2.29 bits per heavy atom.